The van der Waals surface area contributed by atoms with Gasteiger partial charge in [0.2, 0.25) is 11.8 Å². The van der Waals surface area contributed by atoms with Crippen LogP contribution in [0.2, 0.25) is 0 Å². The van der Waals surface area contributed by atoms with Crippen LogP contribution in [-0.2, 0) is 19.2 Å². The van der Waals surface area contributed by atoms with Crippen LogP contribution in [0, 0.1) is 5.92 Å². The maximum absolute atomic E-state index is 12.1. The van der Waals surface area contributed by atoms with Gasteiger partial charge in [-0.25, -0.2) is 4.79 Å². The first kappa shape index (κ1) is 19.8. The number of carboxylic acid groups (broad SMARTS) is 2. The van der Waals surface area contributed by atoms with E-state index < -0.39 is 41.9 Å². The van der Waals surface area contributed by atoms with Crippen LogP contribution >= 0.6 is 0 Å². The summed E-state index contributed by atoms with van der Waals surface area (Å²) in [5.74, 6) is -4.09. The number of nitrogens with one attached hydrogen (secondary N) is 2. The summed E-state index contributed by atoms with van der Waals surface area (Å²) in [5, 5.41) is 22.3. The Morgan fingerprint density at radius 2 is 1.55 bits per heavy atom. The second kappa shape index (κ2) is 8.98. The van der Waals surface area contributed by atoms with Gasteiger partial charge in [0.05, 0.1) is 6.04 Å². The Morgan fingerprint density at radius 1 is 1.00 bits per heavy atom. The summed E-state index contributed by atoms with van der Waals surface area (Å²) < 4.78 is 0. The molecule has 0 fully saturated rings. The molecule has 0 saturated heterocycles. The summed E-state index contributed by atoms with van der Waals surface area (Å²) in [5.41, 5.74) is 5.38. The van der Waals surface area contributed by atoms with Gasteiger partial charge < -0.3 is 26.6 Å². The first-order valence-electron chi connectivity index (χ1n) is 6.87. The first-order chi connectivity index (χ1) is 10.1. The van der Waals surface area contributed by atoms with Crippen molar-refractivity contribution < 1.29 is 29.4 Å². The van der Waals surface area contributed by atoms with Crippen LogP contribution in [0.15, 0.2) is 0 Å². The molecule has 22 heavy (non-hydrogen) atoms. The zero-order chi connectivity index (χ0) is 17.4. The molecule has 3 atom stereocenters. The van der Waals surface area contributed by atoms with Crippen molar-refractivity contribution in [2.75, 3.05) is 0 Å². The number of hydrogen-bond acceptors (Lipinski definition) is 5. The minimum atomic E-state index is -1.21. The molecule has 0 radical (unpaired) electrons. The van der Waals surface area contributed by atoms with E-state index in [0.717, 1.165) is 0 Å². The molecule has 6 N–H and O–H groups in total. The Morgan fingerprint density at radius 3 is 1.91 bits per heavy atom. The summed E-state index contributed by atoms with van der Waals surface area (Å²) in [6.45, 7) is 4.65. The highest BCUT2D eigenvalue weighted by atomic mass is 16.4. The molecular formula is C13H23N3O6. The summed E-state index contributed by atoms with van der Waals surface area (Å²) >= 11 is 0. The van der Waals surface area contributed by atoms with E-state index in [1.165, 1.54) is 6.92 Å². The molecule has 0 saturated carbocycles. The van der Waals surface area contributed by atoms with Crippen molar-refractivity contribution in [3.05, 3.63) is 0 Å². The van der Waals surface area contributed by atoms with Crippen LogP contribution < -0.4 is 16.4 Å². The Balaban J connectivity index is 4.97. The standard InChI is InChI=1S/C13H23N3O6/c1-6(2)10(13(21)22)16-12(20)8(4-5-9(17)18)15-11(19)7(3)14/h6-8,10H,4-5,14H2,1-3H3,(H,15,19)(H,16,20)(H,17,18)(H,21,22)/t7-,8-,10-/m0/s1. The van der Waals surface area contributed by atoms with Crippen LogP contribution in [0.5, 0.6) is 0 Å². The molecule has 0 aromatic heterocycles. The fraction of sp³-hybridized carbons (Fsp3) is 0.692. The Hall–Kier alpha value is -2.16. The lowest BCUT2D eigenvalue weighted by Gasteiger charge is -2.23. The van der Waals surface area contributed by atoms with E-state index in [1.807, 2.05) is 0 Å². The number of aliphatic carboxylic acids is 2. The molecule has 0 rings (SSSR count). The summed E-state index contributed by atoms with van der Waals surface area (Å²) in [6.07, 6.45) is -0.513. The summed E-state index contributed by atoms with van der Waals surface area (Å²) in [7, 11) is 0. The predicted molar refractivity (Wildman–Crippen MR) is 76.9 cm³/mol. The van der Waals surface area contributed by atoms with Crippen molar-refractivity contribution in [2.24, 2.45) is 11.7 Å². The molecule has 126 valence electrons. The third kappa shape index (κ3) is 7.02. The van der Waals surface area contributed by atoms with E-state index in [1.54, 1.807) is 13.8 Å². The van der Waals surface area contributed by atoms with Crippen LogP contribution in [0.4, 0.5) is 0 Å². The van der Waals surface area contributed by atoms with Crippen LogP contribution in [0.1, 0.15) is 33.6 Å². The third-order valence-corrected chi connectivity index (χ3v) is 2.92. The van der Waals surface area contributed by atoms with Crippen molar-refractivity contribution in [1.29, 1.82) is 0 Å². The molecule has 0 unspecified atom stereocenters. The second-order valence-corrected chi connectivity index (χ2v) is 5.35. The molecular weight excluding hydrogens is 294 g/mol. The van der Waals surface area contributed by atoms with Crippen molar-refractivity contribution >= 4 is 23.8 Å². The smallest absolute Gasteiger partial charge is 0.326 e. The molecule has 9 heteroatoms. The van der Waals surface area contributed by atoms with E-state index in [0.29, 0.717) is 0 Å². The highest BCUT2D eigenvalue weighted by Crippen LogP contribution is 2.05. The highest BCUT2D eigenvalue weighted by Gasteiger charge is 2.29. The van der Waals surface area contributed by atoms with E-state index in [2.05, 4.69) is 10.6 Å². The number of carbonyl (C=O) groups is 4. The maximum atomic E-state index is 12.1. The summed E-state index contributed by atoms with van der Waals surface area (Å²) in [6, 6.07) is -3.16. The largest absolute Gasteiger partial charge is 0.481 e. The first-order valence-corrected chi connectivity index (χ1v) is 6.87. The van der Waals surface area contributed by atoms with E-state index in [-0.39, 0.29) is 18.8 Å². The molecule has 0 heterocycles. The number of rotatable bonds is 9. The SMILES string of the molecule is CC(C)[C@H](NC(=O)[C@H](CCC(=O)O)NC(=O)[C@H](C)N)C(=O)O. The van der Waals surface area contributed by atoms with Gasteiger partial charge >= 0.3 is 11.9 Å². The number of amides is 2. The predicted octanol–water partition coefficient (Wildman–Crippen LogP) is -1.09. The average Bonchev–Trinajstić information content (AvgIpc) is 2.38. The number of nitrogens with two attached hydrogens (primary N) is 1. The Kier molecular flexibility index (Phi) is 8.10. The van der Waals surface area contributed by atoms with E-state index in [9.17, 15) is 19.2 Å². The lowest BCUT2D eigenvalue weighted by Crippen LogP contribution is -2.55. The van der Waals surface area contributed by atoms with Gasteiger partial charge in [-0.05, 0) is 19.3 Å². The van der Waals surface area contributed by atoms with E-state index >= 15 is 0 Å². The normalized spacial score (nSPS) is 14.8. The molecule has 0 aliphatic heterocycles. The molecule has 0 aromatic rings. The lowest BCUT2D eigenvalue weighted by atomic mass is 10.0. The minimum Gasteiger partial charge on any atom is -0.481 e. The zero-order valence-corrected chi connectivity index (χ0v) is 12.8. The van der Waals surface area contributed by atoms with Gasteiger partial charge in [0.25, 0.3) is 0 Å². The molecule has 0 aliphatic carbocycles. The topological polar surface area (TPSA) is 159 Å². The van der Waals surface area contributed by atoms with Gasteiger partial charge in [0.15, 0.2) is 0 Å². The lowest BCUT2D eigenvalue weighted by molar-refractivity contribution is -0.144. The number of hydrogen-bond donors (Lipinski definition) is 5. The van der Waals surface area contributed by atoms with Crippen LogP contribution in [0.25, 0.3) is 0 Å². The van der Waals surface area contributed by atoms with Gasteiger partial charge in [-0.15, -0.1) is 0 Å². The molecule has 0 bridgehead atoms. The minimum absolute atomic E-state index is 0.163. The maximum Gasteiger partial charge on any atom is 0.326 e. The molecule has 0 aromatic carbocycles. The molecule has 2 amide bonds. The third-order valence-electron chi connectivity index (χ3n) is 2.92. The summed E-state index contributed by atoms with van der Waals surface area (Å²) in [4.78, 5) is 45.4. The van der Waals surface area contributed by atoms with Crippen molar-refractivity contribution in [3.8, 4) is 0 Å². The van der Waals surface area contributed by atoms with Crippen molar-refractivity contribution in [1.82, 2.24) is 10.6 Å². The van der Waals surface area contributed by atoms with Crippen molar-refractivity contribution in [3.63, 3.8) is 0 Å². The molecule has 0 spiro atoms. The Bertz CT molecular complexity index is 435. The van der Waals surface area contributed by atoms with E-state index in [4.69, 9.17) is 15.9 Å². The van der Waals surface area contributed by atoms with Gasteiger partial charge in [0, 0.05) is 6.42 Å². The Labute approximate surface area is 128 Å². The van der Waals surface area contributed by atoms with Crippen LogP contribution in [0.3, 0.4) is 0 Å². The highest BCUT2D eigenvalue weighted by molar-refractivity contribution is 5.91. The number of carboxylic acids is 2. The van der Waals surface area contributed by atoms with Gasteiger partial charge in [-0.2, -0.15) is 0 Å². The molecule has 0 aliphatic rings. The van der Waals surface area contributed by atoms with Crippen LogP contribution in [-0.4, -0.2) is 52.1 Å². The van der Waals surface area contributed by atoms with Gasteiger partial charge in [-0.3, -0.25) is 14.4 Å². The fourth-order valence-corrected chi connectivity index (χ4v) is 1.61. The van der Waals surface area contributed by atoms with Crippen molar-refractivity contribution in [2.45, 2.75) is 51.7 Å². The molecule has 9 nitrogen and oxygen atoms in total. The number of carbonyl (C=O) groups excluding carboxylic acids is 2. The zero-order valence-electron chi connectivity index (χ0n) is 12.8. The average molecular weight is 317 g/mol. The fourth-order valence-electron chi connectivity index (χ4n) is 1.61. The quantitative estimate of drug-likeness (QED) is 0.361. The van der Waals surface area contributed by atoms with Gasteiger partial charge in [-0.1, -0.05) is 13.8 Å². The second-order valence-electron chi connectivity index (χ2n) is 5.35. The van der Waals surface area contributed by atoms with Gasteiger partial charge in [0.1, 0.15) is 12.1 Å². The monoisotopic (exact) mass is 317 g/mol.